The van der Waals surface area contributed by atoms with Crippen molar-refractivity contribution in [1.82, 2.24) is 0 Å². The van der Waals surface area contributed by atoms with Crippen LogP contribution in [-0.4, -0.2) is 17.6 Å². The van der Waals surface area contributed by atoms with E-state index in [4.69, 9.17) is 5.11 Å². The van der Waals surface area contributed by atoms with E-state index >= 15 is 0 Å². The number of para-hydroxylation sites is 1. The van der Waals surface area contributed by atoms with Gasteiger partial charge < -0.3 is 10.4 Å². The predicted molar refractivity (Wildman–Crippen MR) is 49.5 cm³/mol. The van der Waals surface area contributed by atoms with Gasteiger partial charge in [-0.05, 0) is 11.6 Å². The van der Waals surface area contributed by atoms with Gasteiger partial charge in [-0.25, -0.2) is 0 Å². The van der Waals surface area contributed by atoms with Crippen LogP contribution in [0, 0.1) is 0 Å². The van der Waals surface area contributed by atoms with Gasteiger partial charge in [-0.1, -0.05) is 18.2 Å². The van der Waals surface area contributed by atoms with E-state index in [1.54, 1.807) is 0 Å². The van der Waals surface area contributed by atoms with Crippen LogP contribution in [0.1, 0.15) is 17.9 Å². The topological polar surface area (TPSA) is 49.3 Å². The van der Waals surface area contributed by atoms with E-state index in [0.29, 0.717) is 6.42 Å². The molecule has 13 heavy (non-hydrogen) atoms. The van der Waals surface area contributed by atoms with Crippen molar-refractivity contribution in [3.05, 3.63) is 29.8 Å². The summed E-state index contributed by atoms with van der Waals surface area (Å²) >= 11 is 0. The molecule has 2 N–H and O–H groups in total. The summed E-state index contributed by atoms with van der Waals surface area (Å²) in [5.41, 5.74) is 1.86. The molecule has 0 aliphatic carbocycles. The van der Waals surface area contributed by atoms with Crippen molar-refractivity contribution in [3.63, 3.8) is 0 Å². The lowest BCUT2D eigenvalue weighted by Gasteiger charge is -2.23. The predicted octanol–water partition coefficient (Wildman–Crippen LogP) is 1.10. The Morgan fingerprint density at radius 3 is 3.00 bits per heavy atom. The zero-order valence-electron chi connectivity index (χ0n) is 7.16. The fourth-order valence-corrected chi connectivity index (χ4v) is 1.66. The molecule has 1 aliphatic heterocycles. The Labute approximate surface area is 76.4 Å². The third kappa shape index (κ3) is 1.42. The average Bonchev–Trinajstić information content (AvgIpc) is 2.16. The zero-order valence-corrected chi connectivity index (χ0v) is 7.16. The van der Waals surface area contributed by atoms with Gasteiger partial charge in [-0.15, -0.1) is 0 Å². The third-order valence-corrected chi connectivity index (χ3v) is 2.33. The minimum Gasteiger partial charge on any atom is -0.396 e. The number of amides is 1. The van der Waals surface area contributed by atoms with Gasteiger partial charge in [0.25, 0.3) is 0 Å². The summed E-state index contributed by atoms with van der Waals surface area (Å²) in [5.74, 6) is -0.0531. The molecule has 0 saturated heterocycles. The molecule has 1 aliphatic rings. The third-order valence-electron chi connectivity index (χ3n) is 2.33. The molecule has 0 fully saturated rings. The van der Waals surface area contributed by atoms with E-state index < -0.39 is 0 Å². The van der Waals surface area contributed by atoms with Crippen molar-refractivity contribution in [2.24, 2.45) is 0 Å². The molecule has 68 valence electrons. The summed E-state index contributed by atoms with van der Waals surface area (Å²) in [6, 6.07) is 7.59. The number of carbonyl (C=O) groups is 1. The van der Waals surface area contributed by atoms with E-state index in [1.807, 2.05) is 24.3 Å². The lowest BCUT2D eigenvalue weighted by Crippen LogP contribution is -2.24. The molecule has 3 heteroatoms. The first-order valence-electron chi connectivity index (χ1n) is 4.31. The zero-order chi connectivity index (χ0) is 9.26. The van der Waals surface area contributed by atoms with Gasteiger partial charge >= 0.3 is 0 Å². The summed E-state index contributed by atoms with van der Waals surface area (Å²) < 4.78 is 0. The van der Waals surface area contributed by atoms with E-state index in [0.717, 1.165) is 11.3 Å². The molecule has 3 nitrogen and oxygen atoms in total. The fraction of sp³-hybridized carbons (Fsp3) is 0.300. The van der Waals surface area contributed by atoms with Crippen LogP contribution >= 0.6 is 0 Å². The molecule has 0 radical (unpaired) electrons. The van der Waals surface area contributed by atoms with Gasteiger partial charge in [-0.2, -0.15) is 0 Å². The van der Waals surface area contributed by atoms with Crippen LogP contribution in [0.5, 0.6) is 0 Å². The van der Waals surface area contributed by atoms with Gasteiger partial charge in [0.1, 0.15) is 0 Å². The van der Waals surface area contributed by atoms with Crippen LogP contribution in [0.2, 0.25) is 0 Å². The van der Waals surface area contributed by atoms with Crippen molar-refractivity contribution in [3.8, 4) is 0 Å². The molecular weight excluding hydrogens is 166 g/mol. The van der Waals surface area contributed by atoms with Crippen molar-refractivity contribution >= 4 is 11.6 Å². The quantitative estimate of drug-likeness (QED) is 0.675. The number of rotatable bonds is 1. The molecule has 1 heterocycles. The molecule has 1 aromatic rings. The summed E-state index contributed by atoms with van der Waals surface area (Å²) in [5, 5.41) is 11.8. The lowest BCUT2D eigenvalue weighted by molar-refractivity contribution is -0.117. The Hall–Kier alpha value is -1.35. The Kier molecular flexibility index (Phi) is 2.02. The summed E-state index contributed by atoms with van der Waals surface area (Å²) in [6.07, 6.45) is 0.382. The van der Waals surface area contributed by atoms with Gasteiger partial charge in [0.05, 0.1) is 6.61 Å². The van der Waals surface area contributed by atoms with Crippen molar-refractivity contribution in [1.29, 1.82) is 0 Å². The Morgan fingerprint density at radius 2 is 2.23 bits per heavy atom. The molecule has 0 bridgehead atoms. The highest BCUT2D eigenvalue weighted by Gasteiger charge is 2.23. The van der Waals surface area contributed by atoms with E-state index in [1.165, 1.54) is 0 Å². The first-order chi connectivity index (χ1) is 6.31. The number of nitrogens with one attached hydrogen (secondary N) is 1. The van der Waals surface area contributed by atoms with Crippen molar-refractivity contribution in [2.45, 2.75) is 12.3 Å². The van der Waals surface area contributed by atoms with Crippen LogP contribution in [0.15, 0.2) is 24.3 Å². The minimum atomic E-state index is -0.0371. The number of anilines is 1. The molecule has 0 aromatic heterocycles. The number of carbonyl (C=O) groups excluding carboxylic acids is 1. The highest BCUT2D eigenvalue weighted by molar-refractivity contribution is 5.94. The Morgan fingerprint density at radius 1 is 1.46 bits per heavy atom. The standard InChI is InChI=1S/C10H11NO2/c12-6-7-5-10(13)11-9-4-2-1-3-8(7)9/h1-4,7,12H,5-6H2,(H,11,13)/t7-/m1/s1. The molecular formula is C10H11NO2. The number of benzene rings is 1. The largest absolute Gasteiger partial charge is 0.396 e. The maximum atomic E-state index is 11.2. The van der Waals surface area contributed by atoms with Crippen LogP contribution in [0.4, 0.5) is 5.69 Å². The first kappa shape index (κ1) is 8.26. The monoisotopic (exact) mass is 177 g/mol. The fourth-order valence-electron chi connectivity index (χ4n) is 1.66. The number of aliphatic hydroxyl groups is 1. The SMILES string of the molecule is O=C1C[C@H](CO)c2ccccc2N1. The van der Waals surface area contributed by atoms with E-state index in [-0.39, 0.29) is 18.4 Å². The lowest BCUT2D eigenvalue weighted by atomic mass is 9.91. The second-order valence-corrected chi connectivity index (χ2v) is 3.22. The van der Waals surface area contributed by atoms with Gasteiger partial charge in [0.15, 0.2) is 0 Å². The molecule has 1 atom stereocenters. The molecule has 1 aromatic carbocycles. The maximum Gasteiger partial charge on any atom is 0.225 e. The number of fused-ring (bicyclic) bond motifs is 1. The van der Waals surface area contributed by atoms with Crippen molar-refractivity contribution in [2.75, 3.05) is 11.9 Å². The Bertz CT molecular complexity index is 335. The van der Waals surface area contributed by atoms with Crippen LogP contribution < -0.4 is 5.32 Å². The van der Waals surface area contributed by atoms with E-state index in [2.05, 4.69) is 5.32 Å². The Balaban J connectivity index is 2.42. The van der Waals surface area contributed by atoms with Gasteiger partial charge in [0.2, 0.25) is 5.91 Å². The molecule has 0 spiro atoms. The minimum absolute atomic E-state index is 0.0160. The molecule has 2 rings (SSSR count). The average molecular weight is 177 g/mol. The van der Waals surface area contributed by atoms with Crippen LogP contribution in [0.25, 0.3) is 0 Å². The molecule has 0 unspecified atom stereocenters. The van der Waals surface area contributed by atoms with Gasteiger partial charge in [-0.3, -0.25) is 4.79 Å². The van der Waals surface area contributed by atoms with Crippen molar-refractivity contribution < 1.29 is 9.90 Å². The van der Waals surface area contributed by atoms with E-state index in [9.17, 15) is 4.79 Å². The first-order valence-corrected chi connectivity index (χ1v) is 4.31. The number of hydrogen-bond acceptors (Lipinski definition) is 2. The summed E-state index contributed by atoms with van der Waals surface area (Å²) in [6.45, 7) is 0.0322. The van der Waals surface area contributed by atoms with Crippen LogP contribution in [0.3, 0.4) is 0 Å². The highest BCUT2D eigenvalue weighted by Crippen LogP contribution is 2.30. The normalized spacial score (nSPS) is 20.7. The number of aliphatic hydroxyl groups excluding tert-OH is 1. The highest BCUT2D eigenvalue weighted by atomic mass is 16.3. The smallest absolute Gasteiger partial charge is 0.225 e. The molecule has 1 amide bonds. The second-order valence-electron chi connectivity index (χ2n) is 3.22. The maximum absolute atomic E-state index is 11.2. The number of hydrogen-bond donors (Lipinski definition) is 2. The van der Waals surface area contributed by atoms with Crippen LogP contribution in [-0.2, 0) is 4.79 Å². The second kappa shape index (κ2) is 3.18. The molecule has 0 saturated carbocycles. The summed E-state index contributed by atoms with van der Waals surface area (Å²) in [4.78, 5) is 11.2. The summed E-state index contributed by atoms with van der Waals surface area (Å²) in [7, 11) is 0. The van der Waals surface area contributed by atoms with Gasteiger partial charge in [0, 0.05) is 18.0 Å².